The van der Waals surface area contributed by atoms with Crippen molar-refractivity contribution in [2.24, 2.45) is 0 Å². The van der Waals surface area contributed by atoms with Crippen LogP contribution in [-0.2, 0) is 11.2 Å². The normalized spacial score (nSPS) is 13.6. The first kappa shape index (κ1) is 15.9. The molecule has 0 aromatic heterocycles. The van der Waals surface area contributed by atoms with Gasteiger partial charge in [0.2, 0.25) is 5.91 Å². The van der Waals surface area contributed by atoms with Gasteiger partial charge in [0.05, 0.1) is 12.1 Å². The first-order valence-corrected chi connectivity index (χ1v) is 7.00. The average molecular weight is 335 g/mol. The number of imide groups is 1. The minimum absolute atomic E-state index is 0.137. The zero-order valence-corrected chi connectivity index (χ0v) is 12.2. The zero-order chi connectivity index (χ0) is 17.3. The summed E-state index contributed by atoms with van der Waals surface area (Å²) in [7, 11) is 0. The highest BCUT2D eigenvalue weighted by molar-refractivity contribution is 6.22. The van der Waals surface area contributed by atoms with Gasteiger partial charge in [-0.15, -0.1) is 0 Å². The molecule has 2 N–H and O–H groups in total. The molecule has 0 atom stereocenters. The maximum Gasteiger partial charge on any atom is 0.482 e. The maximum atomic E-state index is 12.3. The molecule has 1 aliphatic rings. The monoisotopic (exact) mass is 335 g/mol. The molecule has 124 valence electrons. The summed E-state index contributed by atoms with van der Waals surface area (Å²) in [6.07, 6.45) is -4.39. The molecule has 3 rings (SSSR count). The predicted octanol–water partition coefficient (Wildman–Crippen LogP) is 3.74. The van der Waals surface area contributed by atoms with Crippen molar-refractivity contribution in [1.29, 1.82) is 0 Å². The molecule has 0 bridgehead atoms. The Labute approximate surface area is 135 Å². The topological polar surface area (TPSA) is 61.4 Å². The number of benzene rings is 2. The number of para-hydroxylation sites is 1. The summed E-state index contributed by atoms with van der Waals surface area (Å²) >= 11 is 0. The van der Waals surface area contributed by atoms with Gasteiger partial charge in [-0.1, -0.05) is 18.2 Å². The molecule has 0 unspecified atom stereocenters. The van der Waals surface area contributed by atoms with Crippen molar-refractivity contribution in [3.63, 3.8) is 0 Å². The number of anilines is 3. The Morgan fingerprint density at radius 3 is 2.29 bits per heavy atom. The number of carbonyl (C=O) groups excluding carboxylic acids is 2. The molecule has 0 radical (unpaired) electrons. The van der Waals surface area contributed by atoms with Crippen molar-refractivity contribution in [2.45, 2.75) is 12.7 Å². The van der Waals surface area contributed by atoms with Crippen molar-refractivity contribution >= 4 is 29.0 Å². The SMILES string of the molecule is O=C1Cc2ccccc2N1C(=O)Nc1ccc(NC(F)(F)F)cc1. The van der Waals surface area contributed by atoms with Crippen LogP contribution in [0.5, 0.6) is 0 Å². The summed E-state index contributed by atoms with van der Waals surface area (Å²) in [4.78, 5) is 25.3. The summed E-state index contributed by atoms with van der Waals surface area (Å²) in [5, 5.41) is 3.86. The number of hydrogen-bond donors (Lipinski definition) is 2. The summed E-state index contributed by atoms with van der Waals surface area (Å²) in [6.45, 7) is 0. The van der Waals surface area contributed by atoms with E-state index >= 15 is 0 Å². The fourth-order valence-corrected chi connectivity index (χ4v) is 2.46. The molecular formula is C16H12F3N3O2. The van der Waals surface area contributed by atoms with Gasteiger partial charge in [-0.3, -0.25) is 10.1 Å². The minimum atomic E-state index is -4.53. The Hall–Kier alpha value is -3.03. The van der Waals surface area contributed by atoms with E-state index < -0.39 is 12.3 Å². The number of hydrogen-bond acceptors (Lipinski definition) is 3. The van der Waals surface area contributed by atoms with Crippen molar-refractivity contribution in [3.05, 3.63) is 54.1 Å². The van der Waals surface area contributed by atoms with Gasteiger partial charge in [0.1, 0.15) is 0 Å². The van der Waals surface area contributed by atoms with E-state index in [1.165, 1.54) is 29.6 Å². The number of halogens is 3. The number of amides is 3. The maximum absolute atomic E-state index is 12.3. The standard InChI is InChI=1S/C16H12F3N3O2/c17-16(18,19)21-12-7-5-11(6-8-12)20-15(24)22-13-4-2-1-3-10(13)9-14(22)23/h1-8,21H,9H2,(H,20,24). The Morgan fingerprint density at radius 1 is 1.00 bits per heavy atom. The van der Waals surface area contributed by atoms with E-state index in [1.807, 2.05) is 0 Å². The van der Waals surface area contributed by atoms with Crippen molar-refractivity contribution in [2.75, 3.05) is 15.5 Å². The first-order valence-electron chi connectivity index (χ1n) is 7.00. The lowest BCUT2D eigenvalue weighted by Gasteiger charge is -2.17. The molecule has 0 saturated carbocycles. The summed E-state index contributed by atoms with van der Waals surface area (Å²) in [5.41, 5.74) is 1.39. The molecule has 24 heavy (non-hydrogen) atoms. The van der Waals surface area contributed by atoms with Crippen molar-refractivity contribution in [1.82, 2.24) is 0 Å². The highest BCUT2D eigenvalue weighted by Gasteiger charge is 2.32. The van der Waals surface area contributed by atoms with Gasteiger partial charge < -0.3 is 5.32 Å². The first-order chi connectivity index (χ1) is 11.3. The number of nitrogens with zero attached hydrogens (tertiary/aromatic N) is 1. The van der Waals surface area contributed by atoms with Crippen molar-refractivity contribution < 1.29 is 22.8 Å². The second-order valence-electron chi connectivity index (χ2n) is 5.16. The van der Waals surface area contributed by atoms with E-state index in [9.17, 15) is 22.8 Å². The number of rotatable bonds is 2. The molecule has 0 saturated heterocycles. The molecule has 2 aromatic carbocycles. The third-order valence-corrected chi connectivity index (χ3v) is 3.45. The second-order valence-corrected chi connectivity index (χ2v) is 5.16. The molecular weight excluding hydrogens is 323 g/mol. The Bertz CT molecular complexity index is 788. The van der Waals surface area contributed by atoms with Crippen LogP contribution in [0.1, 0.15) is 5.56 Å². The van der Waals surface area contributed by atoms with Gasteiger partial charge in [-0.2, -0.15) is 13.2 Å². The van der Waals surface area contributed by atoms with Crippen LogP contribution in [0.25, 0.3) is 0 Å². The van der Waals surface area contributed by atoms with Crippen LogP contribution in [0.3, 0.4) is 0 Å². The molecule has 8 heteroatoms. The Morgan fingerprint density at radius 2 is 1.62 bits per heavy atom. The lowest BCUT2D eigenvalue weighted by molar-refractivity contribution is -0.116. The number of fused-ring (bicyclic) bond motifs is 1. The van der Waals surface area contributed by atoms with Gasteiger partial charge in [0, 0.05) is 11.4 Å². The van der Waals surface area contributed by atoms with Crippen molar-refractivity contribution in [3.8, 4) is 0 Å². The molecule has 5 nitrogen and oxygen atoms in total. The van der Waals surface area contributed by atoms with Crippen LogP contribution >= 0.6 is 0 Å². The molecule has 1 heterocycles. The smallest absolute Gasteiger partial charge is 0.307 e. The third kappa shape index (κ3) is 3.32. The summed E-state index contributed by atoms with van der Waals surface area (Å²) < 4.78 is 36.6. The van der Waals surface area contributed by atoms with Crippen LogP contribution in [-0.4, -0.2) is 18.2 Å². The minimum Gasteiger partial charge on any atom is -0.307 e. The third-order valence-electron chi connectivity index (χ3n) is 3.45. The Balaban J connectivity index is 1.72. The van der Waals surface area contributed by atoms with Crippen LogP contribution in [0, 0.1) is 0 Å². The lowest BCUT2D eigenvalue weighted by Crippen LogP contribution is -2.37. The molecule has 0 aliphatic carbocycles. The summed E-state index contributed by atoms with van der Waals surface area (Å²) in [6, 6.07) is 11.3. The fraction of sp³-hybridized carbons (Fsp3) is 0.125. The van der Waals surface area contributed by atoms with Crippen LogP contribution in [0.2, 0.25) is 0 Å². The van der Waals surface area contributed by atoms with Gasteiger partial charge in [0.15, 0.2) is 0 Å². The van der Waals surface area contributed by atoms with Gasteiger partial charge >= 0.3 is 12.3 Å². The fourth-order valence-electron chi connectivity index (χ4n) is 2.46. The van der Waals surface area contributed by atoms with E-state index in [4.69, 9.17) is 0 Å². The van der Waals surface area contributed by atoms with E-state index in [2.05, 4.69) is 5.32 Å². The number of nitrogens with one attached hydrogen (secondary N) is 2. The quantitative estimate of drug-likeness (QED) is 0.822. The number of carbonyl (C=O) groups is 2. The molecule has 0 fully saturated rings. The predicted molar refractivity (Wildman–Crippen MR) is 82.8 cm³/mol. The zero-order valence-electron chi connectivity index (χ0n) is 12.2. The van der Waals surface area contributed by atoms with Crippen LogP contribution in [0.15, 0.2) is 48.5 Å². The van der Waals surface area contributed by atoms with Gasteiger partial charge in [-0.05, 0) is 35.9 Å². The Kier molecular flexibility index (Phi) is 3.88. The second kappa shape index (κ2) is 5.88. The van der Waals surface area contributed by atoms with Crippen LogP contribution in [0.4, 0.5) is 35.0 Å². The van der Waals surface area contributed by atoms with Crippen LogP contribution < -0.4 is 15.5 Å². The lowest BCUT2D eigenvalue weighted by atomic mass is 10.2. The number of alkyl halides is 3. The van der Waals surface area contributed by atoms with E-state index in [0.717, 1.165) is 10.5 Å². The van der Waals surface area contributed by atoms with Gasteiger partial charge in [0.25, 0.3) is 0 Å². The van der Waals surface area contributed by atoms with E-state index in [0.29, 0.717) is 5.69 Å². The highest BCUT2D eigenvalue weighted by atomic mass is 19.4. The highest BCUT2D eigenvalue weighted by Crippen LogP contribution is 2.29. The molecule has 0 spiro atoms. The average Bonchev–Trinajstić information content (AvgIpc) is 2.83. The van der Waals surface area contributed by atoms with E-state index in [1.54, 1.807) is 24.3 Å². The van der Waals surface area contributed by atoms with Gasteiger partial charge in [-0.25, -0.2) is 9.69 Å². The molecule has 3 amide bonds. The molecule has 1 aliphatic heterocycles. The summed E-state index contributed by atoms with van der Waals surface area (Å²) in [5.74, 6) is -0.357. The van der Waals surface area contributed by atoms with E-state index in [-0.39, 0.29) is 23.7 Å². The largest absolute Gasteiger partial charge is 0.482 e. The molecule has 2 aromatic rings. The number of urea groups is 1.